The molecule has 92 valence electrons. The van der Waals surface area contributed by atoms with Crippen LogP contribution in [0.1, 0.15) is 17.0 Å². The van der Waals surface area contributed by atoms with Crippen molar-refractivity contribution >= 4 is 16.8 Å². The van der Waals surface area contributed by atoms with Gasteiger partial charge in [0.1, 0.15) is 5.82 Å². The number of hydrogen-bond acceptors (Lipinski definition) is 2. The van der Waals surface area contributed by atoms with Crippen molar-refractivity contribution < 1.29 is 9.18 Å². The Hall–Kier alpha value is -1.74. The molecule has 0 saturated carbocycles. The smallest absolute Gasteiger partial charge is 0.229 e. The molecule has 0 radical (unpaired) electrons. The molecule has 2 aromatic rings. The van der Waals surface area contributed by atoms with Crippen LogP contribution in [0.15, 0.2) is 48.8 Å². The van der Waals surface area contributed by atoms with Gasteiger partial charge in [0.15, 0.2) is 0 Å². The highest BCUT2D eigenvalue weighted by Crippen LogP contribution is 2.25. The standard InChI is InChI=1S/C14H11ClFNO/c15-14(18)12(9-10-5-7-17-8-6-10)11-3-1-2-4-13(11)16/h1-8,12H,9H2. The molecule has 4 heteroatoms. The molecular weight excluding hydrogens is 253 g/mol. The second kappa shape index (κ2) is 5.74. The summed E-state index contributed by atoms with van der Waals surface area (Å²) in [5.74, 6) is -1.08. The zero-order valence-corrected chi connectivity index (χ0v) is 10.3. The Morgan fingerprint density at radius 3 is 2.50 bits per heavy atom. The third kappa shape index (κ3) is 2.93. The molecule has 0 bridgehead atoms. The first-order chi connectivity index (χ1) is 8.68. The molecule has 18 heavy (non-hydrogen) atoms. The lowest BCUT2D eigenvalue weighted by Gasteiger charge is -2.13. The molecule has 0 aliphatic carbocycles. The molecule has 1 heterocycles. The largest absolute Gasteiger partial charge is 0.281 e. The summed E-state index contributed by atoms with van der Waals surface area (Å²) in [5.41, 5.74) is 1.22. The molecule has 0 saturated heterocycles. The van der Waals surface area contributed by atoms with Crippen LogP contribution in [-0.2, 0) is 11.2 Å². The van der Waals surface area contributed by atoms with E-state index in [1.807, 2.05) is 0 Å². The fraction of sp³-hybridized carbons (Fsp3) is 0.143. The summed E-state index contributed by atoms with van der Waals surface area (Å²) >= 11 is 5.58. The molecule has 2 nitrogen and oxygen atoms in total. The molecule has 0 fully saturated rings. The number of carbonyl (C=O) groups excluding carboxylic acids is 1. The second-order valence-corrected chi connectivity index (χ2v) is 4.31. The highest BCUT2D eigenvalue weighted by Gasteiger charge is 2.22. The van der Waals surface area contributed by atoms with Crippen LogP contribution >= 0.6 is 11.6 Å². The lowest BCUT2D eigenvalue weighted by Crippen LogP contribution is -2.12. The normalized spacial score (nSPS) is 12.1. The summed E-state index contributed by atoms with van der Waals surface area (Å²) in [6, 6.07) is 9.76. The zero-order chi connectivity index (χ0) is 13.0. The fourth-order valence-corrected chi connectivity index (χ4v) is 2.02. The maximum absolute atomic E-state index is 13.7. The lowest BCUT2D eigenvalue weighted by molar-refractivity contribution is -0.113. The van der Waals surface area contributed by atoms with Gasteiger partial charge in [-0.25, -0.2) is 4.39 Å². The summed E-state index contributed by atoms with van der Waals surface area (Å²) in [7, 11) is 0. The second-order valence-electron chi connectivity index (χ2n) is 3.94. The Bertz CT molecular complexity index is 545. The van der Waals surface area contributed by atoms with Crippen molar-refractivity contribution in [1.82, 2.24) is 4.98 Å². The van der Waals surface area contributed by atoms with E-state index < -0.39 is 17.0 Å². The van der Waals surface area contributed by atoms with Crippen molar-refractivity contribution in [1.29, 1.82) is 0 Å². The van der Waals surface area contributed by atoms with Crippen LogP contribution in [0.2, 0.25) is 0 Å². The minimum absolute atomic E-state index is 0.328. The Kier molecular flexibility index (Phi) is 4.05. The van der Waals surface area contributed by atoms with E-state index in [-0.39, 0.29) is 0 Å². The predicted molar refractivity (Wildman–Crippen MR) is 67.9 cm³/mol. The molecule has 0 aliphatic rings. The van der Waals surface area contributed by atoms with E-state index in [2.05, 4.69) is 4.98 Å². The van der Waals surface area contributed by atoms with Crippen LogP contribution in [0.4, 0.5) is 4.39 Å². The predicted octanol–water partition coefficient (Wildman–Crippen LogP) is 3.31. The number of pyridine rings is 1. The van der Waals surface area contributed by atoms with Gasteiger partial charge in [-0.1, -0.05) is 18.2 Å². The number of benzene rings is 1. The van der Waals surface area contributed by atoms with Gasteiger partial charge in [-0.05, 0) is 47.3 Å². The van der Waals surface area contributed by atoms with Crippen molar-refractivity contribution in [2.24, 2.45) is 0 Å². The maximum atomic E-state index is 13.7. The summed E-state index contributed by atoms with van der Waals surface area (Å²) < 4.78 is 13.7. The van der Waals surface area contributed by atoms with E-state index in [0.29, 0.717) is 12.0 Å². The number of halogens is 2. The fourth-order valence-electron chi connectivity index (χ4n) is 1.82. The van der Waals surface area contributed by atoms with Crippen molar-refractivity contribution in [2.75, 3.05) is 0 Å². The third-order valence-corrected chi connectivity index (χ3v) is 3.01. The van der Waals surface area contributed by atoms with Gasteiger partial charge in [-0.2, -0.15) is 0 Å². The van der Waals surface area contributed by atoms with E-state index in [9.17, 15) is 9.18 Å². The minimum Gasteiger partial charge on any atom is -0.281 e. The van der Waals surface area contributed by atoms with E-state index in [4.69, 9.17) is 11.6 Å². The Labute approximate surface area is 109 Å². The van der Waals surface area contributed by atoms with E-state index in [1.54, 1.807) is 42.7 Å². The highest BCUT2D eigenvalue weighted by atomic mass is 35.5. The third-order valence-electron chi connectivity index (χ3n) is 2.74. The summed E-state index contributed by atoms with van der Waals surface area (Å²) in [5, 5.41) is -0.558. The first-order valence-electron chi connectivity index (χ1n) is 5.51. The van der Waals surface area contributed by atoms with Crippen molar-refractivity contribution in [3.8, 4) is 0 Å². The Balaban J connectivity index is 2.30. The minimum atomic E-state index is -0.671. The molecule has 1 atom stereocenters. The van der Waals surface area contributed by atoms with Crippen LogP contribution in [0.25, 0.3) is 0 Å². The lowest BCUT2D eigenvalue weighted by atomic mass is 9.93. The molecule has 2 rings (SSSR count). The van der Waals surface area contributed by atoms with Gasteiger partial charge in [0.25, 0.3) is 0 Å². The van der Waals surface area contributed by atoms with Gasteiger partial charge in [-0.15, -0.1) is 0 Å². The molecule has 1 unspecified atom stereocenters. The van der Waals surface area contributed by atoms with Crippen LogP contribution in [-0.4, -0.2) is 10.2 Å². The van der Waals surface area contributed by atoms with Crippen molar-refractivity contribution in [2.45, 2.75) is 12.3 Å². The van der Waals surface area contributed by atoms with Crippen molar-refractivity contribution in [3.05, 3.63) is 65.7 Å². The summed E-state index contributed by atoms with van der Waals surface area (Å²) in [6.45, 7) is 0. The number of aromatic nitrogens is 1. The molecule has 0 spiro atoms. The monoisotopic (exact) mass is 263 g/mol. The first-order valence-corrected chi connectivity index (χ1v) is 5.89. The zero-order valence-electron chi connectivity index (χ0n) is 9.51. The first kappa shape index (κ1) is 12.7. The average molecular weight is 264 g/mol. The molecule has 0 aliphatic heterocycles. The molecule has 0 N–H and O–H groups in total. The highest BCUT2D eigenvalue weighted by molar-refractivity contribution is 6.64. The van der Waals surface area contributed by atoms with Crippen LogP contribution < -0.4 is 0 Å². The van der Waals surface area contributed by atoms with E-state index in [0.717, 1.165) is 5.56 Å². The number of carbonyl (C=O) groups is 1. The molecule has 1 aromatic carbocycles. The van der Waals surface area contributed by atoms with Gasteiger partial charge in [0.2, 0.25) is 5.24 Å². The summed E-state index contributed by atoms with van der Waals surface area (Å²) in [4.78, 5) is 15.4. The Morgan fingerprint density at radius 2 is 1.89 bits per heavy atom. The van der Waals surface area contributed by atoms with E-state index >= 15 is 0 Å². The van der Waals surface area contributed by atoms with Crippen LogP contribution in [0.3, 0.4) is 0 Å². The van der Waals surface area contributed by atoms with Gasteiger partial charge in [-0.3, -0.25) is 9.78 Å². The van der Waals surface area contributed by atoms with Crippen LogP contribution in [0.5, 0.6) is 0 Å². The quantitative estimate of drug-likeness (QED) is 0.792. The molecular formula is C14H11ClFNO. The van der Waals surface area contributed by atoms with Crippen molar-refractivity contribution in [3.63, 3.8) is 0 Å². The Morgan fingerprint density at radius 1 is 1.22 bits per heavy atom. The van der Waals surface area contributed by atoms with Gasteiger partial charge < -0.3 is 0 Å². The number of hydrogen-bond donors (Lipinski definition) is 0. The van der Waals surface area contributed by atoms with Gasteiger partial charge >= 0.3 is 0 Å². The maximum Gasteiger partial charge on any atom is 0.229 e. The van der Waals surface area contributed by atoms with Crippen LogP contribution in [0, 0.1) is 5.82 Å². The number of rotatable bonds is 4. The topological polar surface area (TPSA) is 30.0 Å². The SMILES string of the molecule is O=C(Cl)C(Cc1ccncc1)c1ccccc1F. The van der Waals surface area contributed by atoms with E-state index in [1.165, 1.54) is 6.07 Å². The molecule has 0 amide bonds. The summed E-state index contributed by atoms with van der Waals surface area (Å²) in [6.07, 6.45) is 3.63. The average Bonchev–Trinajstić information content (AvgIpc) is 2.38. The van der Waals surface area contributed by atoms with Gasteiger partial charge in [0, 0.05) is 12.4 Å². The van der Waals surface area contributed by atoms with Gasteiger partial charge in [0.05, 0.1) is 5.92 Å². The number of nitrogens with zero attached hydrogens (tertiary/aromatic N) is 1. The molecule has 1 aromatic heterocycles.